The summed E-state index contributed by atoms with van der Waals surface area (Å²) in [6.07, 6.45) is 8.06. The summed E-state index contributed by atoms with van der Waals surface area (Å²) < 4.78 is 66.6. The molecule has 2 saturated heterocycles. The lowest BCUT2D eigenvalue weighted by Gasteiger charge is -2.38. The molecule has 0 aliphatic carbocycles. The average Bonchev–Trinajstić information content (AvgIpc) is 3.19. The summed E-state index contributed by atoms with van der Waals surface area (Å²) in [5.41, 5.74) is -3.85. The number of fused-ring (bicyclic) bond motifs is 1. The molecule has 0 N–H and O–H groups in total. The Bertz CT molecular complexity index is 1480. The topological polar surface area (TPSA) is 108 Å². The minimum absolute atomic E-state index is 0.00461. The van der Waals surface area contributed by atoms with Crippen molar-refractivity contribution in [3.63, 3.8) is 0 Å². The Hall–Kier alpha value is -3.68. The van der Waals surface area contributed by atoms with Crippen LogP contribution in [0.5, 0.6) is 0 Å². The average molecular weight is 621 g/mol. The number of esters is 1. The minimum atomic E-state index is -6.09. The lowest BCUT2D eigenvalue weighted by molar-refractivity contribution is -0.687. The minimum Gasteiger partial charge on any atom is -0.741 e. The SMILES string of the molecule is CC1(/C=C/C[n+]2ccccc2)SC2CC(=O)N2C1C(=O)OC(c1ccccc1)c1ccccc1.O=S(=O)([O-])C(F)(F)F. The van der Waals surface area contributed by atoms with Crippen molar-refractivity contribution in [1.82, 2.24) is 4.90 Å². The highest BCUT2D eigenvalue weighted by atomic mass is 32.2. The van der Waals surface area contributed by atoms with Crippen LogP contribution in [0, 0.1) is 0 Å². The zero-order chi connectivity index (χ0) is 30.5. The van der Waals surface area contributed by atoms with Gasteiger partial charge in [0.15, 0.2) is 35.2 Å². The molecule has 1 amide bonds. The fraction of sp³-hybridized carbons (Fsp3) is 0.276. The van der Waals surface area contributed by atoms with Gasteiger partial charge in [0.2, 0.25) is 5.91 Å². The van der Waals surface area contributed by atoms with Crippen LogP contribution < -0.4 is 4.57 Å². The molecule has 2 fully saturated rings. The summed E-state index contributed by atoms with van der Waals surface area (Å²) in [6, 6.07) is 24.8. The molecular weight excluding hydrogens is 593 g/mol. The van der Waals surface area contributed by atoms with E-state index >= 15 is 0 Å². The Balaban J connectivity index is 0.000000446. The molecule has 3 atom stereocenters. The monoisotopic (exact) mass is 620 g/mol. The molecule has 2 aliphatic rings. The van der Waals surface area contributed by atoms with Gasteiger partial charge in [0.1, 0.15) is 6.04 Å². The van der Waals surface area contributed by atoms with Gasteiger partial charge in [-0.25, -0.2) is 17.8 Å². The number of pyridine rings is 1. The number of ether oxygens (including phenoxy) is 1. The Labute approximate surface area is 245 Å². The number of hydrogen-bond donors (Lipinski definition) is 0. The van der Waals surface area contributed by atoms with E-state index in [1.807, 2.05) is 98.2 Å². The van der Waals surface area contributed by atoms with Gasteiger partial charge in [-0.1, -0.05) is 72.8 Å². The highest BCUT2D eigenvalue weighted by molar-refractivity contribution is 8.01. The molecule has 3 unspecified atom stereocenters. The predicted molar refractivity (Wildman–Crippen MR) is 147 cm³/mol. The number of nitrogens with zero attached hydrogens (tertiary/aromatic N) is 2. The van der Waals surface area contributed by atoms with Crippen molar-refractivity contribution in [2.75, 3.05) is 0 Å². The maximum Gasteiger partial charge on any atom is 0.485 e. The maximum absolute atomic E-state index is 13.7. The number of halogens is 3. The van der Waals surface area contributed by atoms with Gasteiger partial charge in [-0.2, -0.15) is 13.2 Å². The third kappa shape index (κ3) is 7.20. The lowest BCUT2D eigenvalue weighted by atomic mass is 9.95. The number of carbonyl (C=O) groups excluding carboxylic acids is 2. The van der Waals surface area contributed by atoms with Gasteiger partial charge in [0.25, 0.3) is 0 Å². The number of benzene rings is 2. The van der Waals surface area contributed by atoms with Crippen molar-refractivity contribution >= 4 is 33.8 Å². The van der Waals surface area contributed by atoms with Crippen LogP contribution in [0.4, 0.5) is 13.2 Å². The quantitative estimate of drug-likeness (QED) is 0.0966. The fourth-order valence-electron chi connectivity index (χ4n) is 4.65. The zero-order valence-corrected chi connectivity index (χ0v) is 23.9. The Morgan fingerprint density at radius 3 is 2.05 bits per heavy atom. The van der Waals surface area contributed by atoms with E-state index in [-0.39, 0.29) is 17.3 Å². The number of carbonyl (C=O) groups is 2. The van der Waals surface area contributed by atoms with Crippen LogP contribution in [-0.2, 0) is 31.0 Å². The molecule has 3 aromatic rings. The molecule has 3 heterocycles. The van der Waals surface area contributed by atoms with Gasteiger partial charge in [-0.3, -0.25) is 4.79 Å². The van der Waals surface area contributed by atoms with E-state index in [2.05, 4.69) is 16.7 Å². The highest BCUT2D eigenvalue weighted by Crippen LogP contribution is 2.52. The van der Waals surface area contributed by atoms with Crippen LogP contribution in [0.2, 0.25) is 0 Å². The van der Waals surface area contributed by atoms with E-state index in [9.17, 15) is 22.8 Å². The van der Waals surface area contributed by atoms with Crippen LogP contribution in [0.25, 0.3) is 0 Å². The summed E-state index contributed by atoms with van der Waals surface area (Å²) in [5.74, 6) is -0.370. The lowest BCUT2D eigenvalue weighted by Crippen LogP contribution is -2.57. The first-order chi connectivity index (χ1) is 19.8. The summed E-state index contributed by atoms with van der Waals surface area (Å²) in [4.78, 5) is 27.9. The molecule has 0 spiro atoms. The third-order valence-corrected chi connectivity index (χ3v) is 8.75. The number of rotatable bonds is 7. The molecule has 5 rings (SSSR count). The van der Waals surface area contributed by atoms with Crippen molar-refractivity contribution in [2.24, 2.45) is 0 Å². The number of β-lactam (4-membered cyclic amide) rings is 1. The van der Waals surface area contributed by atoms with E-state index < -0.39 is 32.5 Å². The van der Waals surface area contributed by atoms with Crippen molar-refractivity contribution < 1.29 is 45.0 Å². The fourth-order valence-corrected chi connectivity index (χ4v) is 6.33. The summed E-state index contributed by atoms with van der Waals surface area (Å²) in [6.45, 7) is 2.72. The third-order valence-electron chi connectivity index (χ3n) is 6.65. The molecule has 8 nitrogen and oxygen atoms in total. The molecular formula is C29H27F3N2O6S2. The smallest absolute Gasteiger partial charge is 0.485 e. The first kappa shape index (κ1) is 31.3. The molecule has 222 valence electrons. The summed E-state index contributed by atoms with van der Waals surface area (Å²) >= 11 is 1.66. The first-order valence-corrected chi connectivity index (χ1v) is 15.0. The second-order valence-corrected chi connectivity index (χ2v) is 12.7. The largest absolute Gasteiger partial charge is 0.741 e. The number of aromatic nitrogens is 1. The van der Waals surface area contributed by atoms with Crippen molar-refractivity contribution in [3.8, 4) is 0 Å². The molecule has 0 bridgehead atoms. The van der Waals surface area contributed by atoms with E-state index in [1.54, 1.807) is 16.7 Å². The van der Waals surface area contributed by atoms with Crippen LogP contribution in [0.15, 0.2) is 103 Å². The molecule has 2 aliphatic heterocycles. The highest BCUT2D eigenvalue weighted by Gasteiger charge is 2.60. The van der Waals surface area contributed by atoms with Gasteiger partial charge >= 0.3 is 11.5 Å². The van der Waals surface area contributed by atoms with Crippen molar-refractivity contribution in [1.29, 1.82) is 0 Å². The Morgan fingerprint density at radius 1 is 1.07 bits per heavy atom. The number of alkyl halides is 3. The van der Waals surface area contributed by atoms with Gasteiger partial charge in [0, 0.05) is 12.1 Å². The van der Waals surface area contributed by atoms with Gasteiger partial charge in [0.05, 0.1) is 16.5 Å². The number of allylic oxidation sites excluding steroid dienone is 1. The van der Waals surface area contributed by atoms with E-state index in [0.29, 0.717) is 13.0 Å². The predicted octanol–water partition coefficient (Wildman–Crippen LogP) is 4.35. The second kappa shape index (κ2) is 12.7. The van der Waals surface area contributed by atoms with Gasteiger partial charge < -0.3 is 14.2 Å². The molecule has 2 aromatic carbocycles. The van der Waals surface area contributed by atoms with Crippen LogP contribution in [-0.4, -0.2) is 51.4 Å². The summed E-state index contributed by atoms with van der Waals surface area (Å²) in [7, 11) is -6.09. The van der Waals surface area contributed by atoms with Crippen LogP contribution in [0.3, 0.4) is 0 Å². The van der Waals surface area contributed by atoms with Crippen LogP contribution in [0.1, 0.15) is 30.6 Å². The first-order valence-electron chi connectivity index (χ1n) is 12.7. The van der Waals surface area contributed by atoms with Crippen LogP contribution >= 0.6 is 11.8 Å². The zero-order valence-electron chi connectivity index (χ0n) is 22.3. The number of amides is 1. The normalized spacial score (nSPS) is 21.9. The van der Waals surface area contributed by atoms with Crippen molar-refractivity contribution in [3.05, 3.63) is 115 Å². The molecule has 1 aromatic heterocycles. The number of hydrogen-bond acceptors (Lipinski definition) is 7. The summed E-state index contributed by atoms with van der Waals surface area (Å²) in [5, 5.41) is 0.0102. The molecule has 13 heteroatoms. The van der Waals surface area contributed by atoms with E-state index in [4.69, 9.17) is 17.7 Å². The van der Waals surface area contributed by atoms with E-state index in [1.165, 1.54) is 0 Å². The van der Waals surface area contributed by atoms with Crippen molar-refractivity contribution in [2.45, 2.75) is 47.7 Å². The Kier molecular flexibility index (Phi) is 9.43. The maximum atomic E-state index is 13.7. The number of thioether (sulfide) groups is 1. The van der Waals surface area contributed by atoms with E-state index in [0.717, 1.165) is 11.1 Å². The second-order valence-electron chi connectivity index (χ2n) is 9.68. The van der Waals surface area contributed by atoms with Gasteiger partial charge in [-0.15, -0.1) is 11.8 Å². The Morgan fingerprint density at radius 2 is 1.57 bits per heavy atom. The van der Waals surface area contributed by atoms with Gasteiger partial charge in [-0.05, 0) is 24.1 Å². The molecule has 0 saturated carbocycles. The molecule has 0 radical (unpaired) electrons. The molecule has 42 heavy (non-hydrogen) atoms. The standard InChI is InChI=1S/C28H27N2O3S.CHF3O3S/c1-28(16-11-19-29-17-9-4-10-18-29)26(30-23(31)20-24(30)34-28)27(32)33-25(21-12-5-2-6-13-21)22-14-7-3-8-15-22;2-1(3,4)8(5,6)7/h2-18,24-26H,19-20H2,1H3;(H,5,6,7)/q+1;/p-1/b16-11+;.